The lowest BCUT2D eigenvalue weighted by atomic mass is 10.1. The maximum absolute atomic E-state index is 12.5. The van der Waals surface area contributed by atoms with Crippen LogP contribution in [0, 0.1) is 18.3 Å². The fourth-order valence-electron chi connectivity index (χ4n) is 2.27. The summed E-state index contributed by atoms with van der Waals surface area (Å²) in [7, 11) is 0. The van der Waals surface area contributed by atoms with Gasteiger partial charge in [-0.15, -0.1) is 28.1 Å². The van der Waals surface area contributed by atoms with Crippen molar-refractivity contribution in [2.24, 2.45) is 0 Å². The van der Waals surface area contributed by atoms with Crippen molar-refractivity contribution >= 4 is 28.9 Å². The lowest BCUT2D eigenvalue weighted by Crippen LogP contribution is -2.14. The van der Waals surface area contributed by atoms with Gasteiger partial charge in [0.05, 0.1) is 18.1 Å². The van der Waals surface area contributed by atoms with Gasteiger partial charge in [-0.25, -0.2) is 4.98 Å². The third-order valence-corrected chi connectivity index (χ3v) is 5.46. The van der Waals surface area contributed by atoms with E-state index in [4.69, 9.17) is 4.42 Å². The number of furan rings is 1. The molecule has 0 aliphatic carbocycles. The van der Waals surface area contributed by atoms with E-state index in [1.54, 1.807) is 24.5 Å². The van der Waals surface area contributed by atoms with Crippen LogP contribution in [0.1, 0.15) is 16.6 Å². The third-order valence-electron chi connectivity index (χ3n) is 3.45. The first-order chi connectivity index (χ1) is 12.6. The maximum atomic E-state index is 12.5. The highest BCUT2D eigenvalue weighted by atomic mass is 32.2. The van der Waals surface area contributed by atoms with Crippen LogP contribution in [0.4, 0.5) is 0 Å². The Bertz CT molecular complexity index is 952. The van der Waals surface area contributed by atoms with Crippen LogP contribution in [0.5, 0.6) is 0 Å². The Morgan fingerprint density at radius 1 is 1.58 bits per heavy atom. The summed E-state index contributed by atoms with van der Waals surface area (Å²) in [6, 6.07) is 5.61. The number of thiazole rings is 1. The second-order valence-corrected chi connectivity index (χ2v) is 7.16. The van der Waals surface area contributed by atoms with Gasteiger partial charge in [0.25, 0.3) is 0 Å². The van der Waals surface area contributed by atoms with Crippen LogP contribution < -0.4 is 0 Å². The summed E-state index contributed by atoms with van der Waals surface area (Å²) in [6.07, 6.45) is 3.28. The van der Waals surface area contributed by atoms with Gasteiger partial charge < -0.3 is 4.42 Å². The number of Topliss-reactive ketones (excluding diaryl/α,β-unsaturated/α-hetero) is 1. The first-order valence-corrected chi connectivity index (χ1v) is 9.55. The predicted molar refractivity (Wildman–Crippen MR) is 98.9 cm³/mol. The van der Waals surface area contributed by atoms with Crippen molar-refractivity contribution in [2.75, 3.05) is 5.75 Å². The minimum atomic E-state index is -0.860. The lowest BCUT2D eigenvalue weighted by molar-refractivity contribution is -0.116. The fraction of sp³-hybridized carbons (Fsp3) is 0.235. The minimum absolute atomic E-state index is 0.101. The number of ketones is 1. The highest BCUT2D eigenvalue weighted by Crippen LogP contribution is 2.27. The van der Waals surface area contributed by atoms with Crippen LogP contribution in [0.3, 0.4) is 0 Å². The molecule has 0 aliphatic rings. The Balaban J connectivity index is 1.76. The van der Waals surface area contributed by atoms with E-state index in [-0.39, 0.29) is 11.5 Å². The molecule has 3 heterocycles. The number of nitriles is 1. The van der Waals surface area contributed by atoms with Crippen molar-refractivity contribution in [3.05, 3.63) is 47.1 Å². The molecule has 3 aromatic heterocycles. The molecule has 132 valence electrons. The van der Waals surface area contributed by atoms with Crippen LogP contribution in [-0.2, 0) is 11.3 Å². The third kappa shape index (κ3) is 3.76. The highest BCUT2D eigenvalue weighted by Gasteiger charge is 2.24. The van der Waals surface area contributed by atoms with Crippen molar-refractivity contribution < 1.29 is 9.21 Å². The van der Waals surface area contributed by atoms with E-state index in [0.717, 1.165) is 5.69 Å². The highest BCUT2D eigenvalue weighted by molar-refractivity contribution is 7.99. The number of aryl methyl sites for hydroxylation is 1. The Morgan fingerprint density at radius 3 is 3.04 bits per heavy atom. The molecule has 0 spiro atoms. The summed E-state index contributed by atoms with van der Waals surface area (Å²) in [6.45, 7) is 6.06. The molecule has 7 nitrogen and oxygen atoms in total. The summed E-state index contributed by atoms with van der Waals surface area (Å²) in [5, 5.41) is 20.6. The van der Waals surface area contributed by atoms with Gasteiger partial charge in [0.2, 0.25) is 5.82 Å². The predicted octanol–water partition coefficient (Wildman–Crippen LogP) is 3.46. The van der Waals surface area contributed by atoms with Gasteiger partial charge in [-0.2, -0.15) is 5.26 Å². The Morgan fingerprint density at radius 2 is 2.42 bits per heavy atom. The van der Waals surface area contributed by atoms with Crippen molar-refractivity contribution in [1.29, 1.82) is 5.26 Å². The van der Waals surface area contributed by atoms with Gasteiger partial charge in [0.15, 0.2) is 22.6 Å². The minimum Gasteiger partial charge on any atom is -0.461 e. The van der Waals surface area contributed by atoms with Crippen LogP contribution >= 0.6 is 23.1 Å². The van der Waals surface area contributed by atoms with Gasteiger partial charge in [0, 0.05) is 17.6 Å². The van der Waals surface area contributed by atoms with E-state index in [9.17, 15) is 10.1 Å². The van der Waals surface area contributed by atoms with E-state index in [0.29, 0.717) is 28.3 Å². The number of allylic oxidation sites excluding steroid dienone is 1. The molecule has 0 unspecified atom stereocenters. The van der Waals surface area contributed by atoms with Crippen LogP contribution in [0.15, 0.2) is 46.0 Å². The number of hydrogen-bond acceptors (Lipinski definition) is 8. The Labute approximate surface area is 158 Å². The number of carbonyl (C=O) groups is 1. The van der Waals surface area contributed by atoms with Crippen molar-refractivity contribution in [3.8, 4) is 17.7 Å². The molecule has 3 aromatic rings. The largest absolute Gasteiger partial charge is 0.461 e. The summed E-state index contributed by atoms with van der Waals surface area (Å²) in [5.74, 6) is 0.189. The zero-order valence-electron chi connectivity index (χ0n) is 14.0. The smallest absolute Gasteiger partial charge is 0.200 e. The SMILES string of the molecule is C=CCn1c(SCC(=O)[C@H](C#N)c2nc(C)cs2)nnc1-c1ccco1. The molecule has 0 bridgehead atoms. The molecule has 0 N–H and O–H groups in total. The summed E-state index contributed by atoms with van der Waals surface area (Å²) >= 11 is 2.56. The molecule has 1 atom stereocenters. The standard InChI is InChI=1S/C17H15N5O2S2/c1-3-6-22-15(14-5-4-7-24-14)20-21-17(22)26-10-13(23)12(8-18)16-19-11(2)9-25-16/h3-5,7,9,12H,1,6,10H2,2H3/t12-/m0/s1. The molecule has 0 aromatic carbocycles. The average molecular weight is 385 g/mol. The molecule has 9 heteroatoms. The number of hydrogen-bond donors (Lipinski definition) is 0. The summed E-state index contributed by atoms with van der Waals surface area (Å²) < 4.78 is 7.20. The molecule has 0 fully saturated rings. The topological polar surface area (TPSA) is 97.6 Å². The van der Waals surface area contributed by atoms with Crippen LogP contribution in [-0.4, -0.2) is 31.3 Å². The normalized spacial score (nSPS) is 11.8. The second-order valence-electron chi connectivity index (χ2n) is 5.33. The van der Waals surface area contributed by atoms with E-state index < -0.39 is 5.92 Å². The number of aromatic nitrogens is 4. The van der Waals surface area contributed by atoms with Crippen LogP contribution in [0.25, 0.3) is 11.6 Å². The lowest BCUT2D eigenvalue weighted by Gasteiger charge is -2.07. The van der Waals surface area contributed by atoms with Gasteiger partial charge in [0.1, 0.15) is 5.01 Å². The van der Waals surface area contributed by atoms with Crippen molar-refractivity contribution in [3.63, 3.8) is 0 Å². The van der Waals surface area contributed by atoms with E-state index in [2.05, 4.69) is 21.8 Å². The zero-order chi connectivity index (χ0) is 18.5. The second kappa shape index (κ2) is 8.12. The molecule has 0 saturated heterocycles. The molecule has 0 aliphatic heterocycles. The number of rotatable bonds is 8. The van der Waals surface area contributed by atoms with Crippen molar-refractivity contribution in [1.82, 2.24) is 19.7 Å². The fourth-order valence-corrected chi connectivity index (χ4v) is 3.98. The summed E-state index contributed by atoms with van der Waals surface area (Å²) in [5.41, 5.74) is 0.805. The first-order valence-electron chi connectivity index (χ1n) is 7.69. The first kappa shape index (κ1) is 18.1. The van der Waals surface area contributed by atoms with Gasteiger partial charge in [-0.3, -0.25) is 9.36 Å². The molecular weight excluding hydrogens is 370 g/mol. The molecule has 3 rings (SSSR count). The average Bonchev–Trinajstić information content (AvgIpc) is 3.36. The van der Waals surface area contributed by atoms with Gasteiger partial charge in [-0.05, 0) is 19.1 Å². The quantitative estimate of drug-likeness (QED) is 0.432. The number of carbonyl (C=O) groups excluding carboxylic acids is 1. The zero-order valence-corrected chi connectivity index (χ0v) is 15.6. The molecule has 0 amide bonds. The van der Waals surface area contributed by atoms with Crippen LogP contribution in [0.2, 0.25) is 0 Å². The van der Waals surface area contributed by atoms with Gasteiger partial charge >= 0.3 is 0 Å². The van der Waals surface area contributed by atoms with E-state index >= 15 is 0 Å². The molecule has 0 saturated carbocycles. The van der Waals surface area contributed by atoms with Crippen molar-refractivity contribution in [2.45, 2.75) is 24.5 Å². The van der Waals surface area contributed by atoms with E-state index in [1.165, 1.54) is 23.1 Å². The maximum Gasteiger partial charge on any atom is 0.200 e. The number of nitrogens with zero attached hydrogens (tertiary/aromatic N) is 5. The monoisotopic (exact) mass is 385 g/mol. The Hall–Kier alpha value is -2.70. The molecule has 0 radical (unpaired) electrons. The van der Waals surface area contributed by atoms with E-state index in [1.807, 2.05) is 22.9 Å². The van der Waals surface area contributed by atoms with Gasteiger partial charge in [-0.1, -0.05) is 17.8 Å². The summed E-state index contributed by atoms with van der Waals surface area (Å²) in [4.78, 5) is 16.7. The molecular formula is C17H15N5O2S2. The molecule has 26 heavy (non-hydrogen) atoms. The Kier molecular flexibility index (Phi) is 5.65. The number of thioether (sulfide) groups is 1.